The van der Waals surface area contributed by atoms with Crippen LogP contribution in [0.1, 0.15) is 31.6 Å². The van der Waals surface area contributed by atoms with E-state index in [-0.39, 0.29) is 4.90 Å². The first kappa shape index (κ1) is 29.7. The van der Waals surface area contributed by atoms with Crippen LogP contribution in [0, 0.1) is 5.92 Å². The summed E-state index contributed by atoms with van der Waals surface area (Å²) in [5.74, 6) is 1.56. The molecule has 10 nitrogen and oxygen atoms in total. The lowest BCUT2D eigenvalue weighted by Crippen LogP contribution is -2.49. The molecule has 1 aromatic heterocycles. The van der Waals surface area contributed by atoms with Gasteiger partial charge in [-0.3, -0.25) is 0 Å². The first-order valence-corrected chi connectivity index (χ1v) is 17.9. The number of hydrogen-bond acceptors (Lipinski definition) is 9. The fraction of sp³-hybridized carbons (Fsp3) is 0.517. The van der Waals surface area contributed by atoms with E-state index in [2.05, 4.69) is 44.2 Å². The van der Waals surface area contributed by atoms with E-state index in [1.807, 2.05) is 6.07 Å². The van der Waals surface area contributed by atoms with Crippen molar-refractivity contribution in [2.24, 2.45) is 5.92 Å². The van der Waals surface area contributed by atoms with E-state index in [1.165, 1.54) is 18.2 Å². The van der Waals surface area contributed by atoms with E-state index in [0.717, 1.165) is 63.8 Å². The highest BCUT2D eigenvalue weighted by molar-refractivity contribution is 7.90. The molecule has 0 spiro atoms. The molecule has 12 heteroatoms. The van der Waals surface area contributed by atoms with Crippen LogP contribution in [-0.4, -0.2) is 94.0 Å². The summed E-state index contributed by atoms with van der Waals surface area (Å²) in [6, 6.07) is 17.3. The number of rotatable bonds is 10. The van der Waals surface area contributed by atoms with Crippen LogP contribution in [0.25, 0.3) is 11.4 Å². The van der Waals surface area contributed by atoms with Crippen molar-refractivity contribution in [3.8, 4) is 11.4 Å². The number of likely N-dealkylation sites (tertiary alicyclic amines) is 1. The Hall–Kier alpha value is -2.80. The summed E-state index contributed by atoms with van der Waals surface area (Å²) in [5.41, 5.74) is 1.92. The molecule has 2 aromatic carbocycles. The Morgan fingerprint density at radius 3 is 2.15 bits per heavy atom. The van der Waals surface area contributed by atoms with Gasteiger partial charge < -0.3 is 14.3 Å². The van der Waals surface area contributed by atoms with Crippen molar-refractivity contribution in [3.63, 3.8) is 0 Å². The highest BCUT2D eigenvalue weighted by atomic mass is 32.2. The maximum atomic E-state index is 12.0. The molecule has 5 rings (SSSR count). The van der Waals surface area contributed by atoms with Crippen molar-refractivity contribution in [1.82, 2.24) is 19.3 Å². The van der Waals surface area contributed by atoms with Crippen LogP contribution in [0.15, 0.2) is 64.0 Å². The van der Waals surface area contributed by atoms with E-state index >= 15 is 0 Å². The molecule has 0 aliphatic carbocycles. The van der Waals surface area contributed by atoms with Gasteiger partial charge >= 0.3 is 0 Å². The quantitative estimate of drug-likeness (QED) is 0.345. The molecular formula is C29H39N5O5S2. The van der Waals surface area contributed by atoms with Crippen molar-refractivity contribution >= 4 is 25.5 Å². The number of para-hydroxylation sites is 1. The lowest BCUT2D eigenvalue weighted by molar-refractivity contribution is 0.178. The molecule has 0 bridgehead atoms. The molecule has 0 radical (unpaired) electrons. The summed E-state index contributed by atoms with van der Waals surface area (Å²) >= 11 is 0. The number of nitrogens with zero attached hydrogens (tertiary/aromatic N) is 5. The monoisotopic (exact) mass is 601 g/mol. The molecule has 2 aliphatic heterocycles. The SMILES string of the molecule is CS(=O)(=O)c1ccc(-c2noc(CC3CCN(CCN(c4ccccc4)C4CCN(S(C)(=O)=O)CC4)CC3)n2)cc1. The van der Waals surface area contributed by atoms with Gasteiger partial charge in [0.15, 0.2) is 9.84 Å². The van der Waals surface area contributed by atoms with Gasteiger partial charge in [0.05, 0.1) is 11.2 Å². The second-order valence-corrected chi connectivity index (χ2v) is 15.2. The van der Waals surface area contributed by atoms with Crippen LogP contribution in [0.5, 0.6) is 0 Å². The number of aromatic nitrogens is 2. The molecule has 0 saturated carbocycles. The predicted octanol–water partition coefficient (Wildman–Crippen LogP) is 3.33. The molecular weight excluding hydrogens is 562 g/mol. The Kier molecular flexibility index (Phi) is 9.12. The number of sulfone groups is 1. The van der Waals surface area contributed by atoms with Gasteiger partial charge in [-0.25, -0.2) is 21.1 Å². The summed E-state index contributed by atoms with van der Waals surface area (Å²) < 4.78 is 54.5. The van der Waals surface area contributed by atoms with Crippen LogP contribution in [0.4, 0.5) is 5.69 Å². The molecule has 2 saturated heterocycles. The molecule has 0 atom stereocenters. The largest absolute Gasteiger partial charge is 0.367 e. The standard InChI is InChI=1S/C29H39N5O5S2/c1-40(35,36)27-10-8-24(9-11-27)29-30-28(39-31-29)22-23-12-16-32(17-13-23)20-21-34(25-6-4-3-5-7-25)26-14-18-33(19-15-26)41(2,37)38/h3-11,23,26H,12-22H2,1-2H3. The van der Waals surface area contributed by atoms with Crippen LogP contribution in [0.3, 0.4) is 0 Å². The van der Waals surface area contributed by atoms with Crippen molar-refractivity contribution in [3.05, 3.63) is 60.5 Å². The van der Waals surface area contributed by atoms with E-state index in [9.17, 15) is 16.8 Å². The highest BCUT2D eigenvalue weighted by Gasteiger charge is 2.29. The maximum absolute atomic E-state index is 12.0. The van der Waals surface area contributed by atoms with E-state index in [1.54, 1.807) is 28.6 Å². The zero-order valence-corrected chi connectivity index (χ0v) is 25.4. The van der Waals surface area contributed by atoms with Gasteiger partial charge in [0.2, 0.25) is 21.7 Å². The number of piperidine rings is 2. The zero-order valence-electron chi connectivity index (χ0n) is 23.7. The Morgan fingerprint density at radius 2 is 1.54 bits per heavy atom. The third-order valence-electron chi connectivity index (χ3n) is 8.26. The lowest BCUT2D eigenvalue weighted by Gasteiger charge is -2.40. The number of sulfonamides is 1. The second kappa shape index (κ2) is 12.6. The molecule has 3 aromatic rings. The summed E-state index contributed by atoms with van der Waals surface area (Å²) in [7, 11) is -6.39. The minimum absolute atomic E-state index is 0.265. The molecule has 0 amide bonds. The summed E-state index contributed by atoms with van der Waals surface area (Å²) in [5, 5.41) is 4.11. The van der Waals surface area contributed by atoms with Gasteiger partial charge in [-0.15, -0.1) is 0 Å². The summed E-state index contributed by atoms with van der Waals surface area (Å²) in [6.07, 6.45) is 6.99. The normalized spacial score (nSPS) is 18.5. The van der Waals surface area contributed by atoms with E-state index in [0.29, 0.717) is 36.8 Å². The first-order chi connectivity index (χ1) is 19.6. The summed E-state index contributed by atoms with van der Waals surface area (Å²) in [6.45, 7) is 5.02. The Balaban J connectivity index is 1.12. The zero-order chi connectivity index (χ0) is 29.0. The molecule has 222 valence electrons. The van der Waals surface area contributed by atoms with E-state index < -0.39 is 19.9 Å². The third kappa shape index (κ3) is 7.73. The fourth-order valence-electron chi connectivity index (χ4n) is 5.84. The number of hydrogen-bond donors (Lipinski definition) is 0. The van der Waals surface area contributed by atoms with E-state index in [4.69, 9.17) is 4.52 Å². The van der Waals surface area contributed by atoms with Crippen LogP contribution >= 0.6 is 0 Å². The number of benzene rings is 2. The van der Waals surface area contributed by atoms with Crippen LogP contribution in [0.2, 0.25) is 0 Å². The van der Waals surface area contributed by atoms with Crippen molar-refractivity contribution in [2.75, 3.05) is 56.7 Å². The predicted molar refractivity (Wildman–Crippen MR) is 159 cm³/mol. The average molecular weight is 602 g/mol. The highest BCUT2D eigenvalue weighted by Crippen LogP contribution is 2.26. The average Bonchev–Trinajstić information content (AvgIpc) is 3.42. The van der Waals surface area contributed by atoms with Crippen LogP contribution < -0.4 is 4.90 Å². The Morgan fingerprint density at radius 1 is 0.878 bits per heavy atom. The van der Waals surface area contributed by atoms with Gasteiger partial charge in [-0.1, -0.05) is 23.4 Å². The minimum Gasteiger partial charge on any atom is -0.367 e. The molecule has 0 unspecified atom stereocenters. The fourth-order valence-corrected chi connectivity index (χ4v) is 7.35. The topological polar surface area (TPSA) is 117 Å². The van der Waals surface area contributed by atoms with Gasteiger partial charge in [0.25, 0.3) is 0 Å². The van der Waals surface area contributed by atoms with Gasteiger partial charge in [0, 0.05) is 56.1 Å². The Bertz CT molecular complexity index is 1490. The van der Waals surface area contributed by atoms with Crippen molar-refractivity contribution < 1.29 is 21.4 Å². The van der Waals surface area contributed by atoms with Gasteiger partial charge in [-0.2, -0.15) is 4.98 Å². The van der Waals surface area contributed by atoms with Gasteiger partial charge in [0.1, 0.15) is 0 Å². The minimum atomic E-state index is -3.25. The molecule has 2 aliphatic rings. The number of anilines is 1. The lowest BCUT2D eigenvalue weighted by atomic mass is 9.93. The molecule has 3 heterocycles. The van der Waals surface area contributed by atoms with Gasteiger partial charge in [-0.05, 0) is 81.1 Å². The van der Waals surface area contributed by atoms with Crippen molar-refractivity contribution in [1.29, 1.82) is 0 Å². The second-order valence-electron chi connectivity index (χ2n) is 11.2. The van der Waals surface area contributed by atoms with Crippen molar-refractivity contribution in [2.45, 2.75) is 43.0 Å². The third-order valence-corrected chi connectivity index (χ3v) is 10.7. The molecule has 0 N–H and O–H groups in total. The molecule has 41 heavy (non-hydrogen) atoms. The molecule has 2 fully saturated rings. The maximum Gasteiger partial charge on any atom is 0.227 e. The Labute approximate surface area is 243 Å². The van der Waals surface area contributed by atoms with Crippen LogP contribution in [-0.2, 0) is 26.3 Å². The summed E-state index contributed by atoms with van der Waals surface area (Å²) in [4.78, 5) is 9.81. The smallest absolute Gasteiger partial charge is 0.227 e. The first-order valence-electron chi connectivity index (χ1n) is 14.2.